The standard InChI is InChI=1S/C15H22N2O/c1-4-12(3)13-6-8-15(9-7-13)18-11-14(10-16)17-5-2/h6-9,12,14,17H,4-5,11H2,1-3H3. The average molecular weight is 246 g/mol. The van der Waals surface area contributed by atoms with Crippen molar-refractivity contribution >= 4 is 0 Å². The van der Waals surface area contributed by atoms with Gasteiger partial charge in [-0.1, -0.05) is 32.9 Å². The van der Waals surface area contributed by atoms with Crippen molar-refractivity contribution in [3.8, 4) is 11.8 Å². The number of nitriles is 1. The molecule has 0 saturated heterocycles. The van der Waals surface area contributed by atoms with E-state index in [1.54, 1.807) is 0 Å². The number of nitrogens with zero attached hydrogens (tertiary/aromatic N) is 1. The Hall–Kier alpha value is -1.53. The average Bonchev–Trinajstić information content (AvgIpc) is 2.43. The SMILES string of the molecule is CCNC(C#N)COc1ccc(C(C)CC)cc1. The highest BCUT2D eigenvalue weighted by molar-refractivity contribution is 5.29. The molecular weight excluding hydrogens is 224 g/mol. The first kappa shape index (κ1) is 14.5. The zero-order chi connectivity index (χ0) is 13.4. The van der Waals surface area contributed by atoms with Crippen molar-refractivity contribution in [2.45, 2.75) is 39.2 Å². The number of likely N-dealkylation sites (N-methyl/N-ethyl adjacent to an activating group) is 1. The monoisotopic (exact) mass is 246 g/mol. The van der Waals surface area contributed by atoms with Crippen LogP contribution in [0.1, 0.15) is 38.7 Å². The van der Waals surface area contributed by atoms with Gasteiger partial charge in [-0.3, -0.25) is 5.32 Å². The molecule has 0 fully saturated rings. The summed E-state index contributed by atoms with van der Waals surface area (Å²) in [5.74, 6) is 1.40. The third kappa shape index (κ3) is 4.38. The molecule has 3 nitrogen and oxygen atoms in total. The molecule has 0 aliphatic carbocycles. The van der Waals surface area contributed by atoms with Crippen LogP contribution in [0.25, 0.3) is 0 Å². The van der Waals surface area contributed by atoms with Gasteiger partial charge in [-0.25, -0.2) is 0 Å². The first-order chi connectivity index (χ1) is 8.71. The Morgan fingerprint density at radius 2 is 1.94 bits per heavy atom. The van der Waals surface area contributed by atoms with E-state index in [-0.39, 0.29) is 6.04 Å². The van der Waals surface area contributed by atoms with Crippen molar-refractivity contribution < 1.29 is 4.74 Å². The van der Waals surface area contributed by atoms with Gasteiger partial charge in [0.05, 0.1) is 6.07 Å². The third-order valence-corrected chi connectivity index (χ3v) is 3.08. The summed E-state index contributed by atoms with van der Waals surface area (Å²) in [6.45, 7) is 7.53. The van der Waals surface area contributed by atoms with Crippen molar-refractivity contribution in [2.24, 2.45) is 0 Å². The van der Waals surface area contributed by atoms with E-state index in [0.29, 0.717) is 12.5 Å². The fraction of sp³-hybridized carbons (Fsp3) is 0.533. The van der Waals surface area contributed by atoms with Gasteiger partial charge in [-0.2, -0.15) is 5.26 Å². The molecule has 1 N–H and O–H groups in total. The molecule has 0 radical (unpaired) electrons. The van der Waals surface area contributed by atoms with E-state index in [1.807, 2.05) is 19.1 Å². The molecule has 2 atom stereocenters. The van der Waals surface area contributed by atoms with Gasteiger partial charge in [0.15, 0.2) is 0 Å². The molecule has 0 saturated carbocycles. The van der Waals surface area contributed by atoms with Crippen LogP contribution < -0.4 is 10.1 Å². The van der Waals surface area contributed by atoms with Gasteiger partial charge in [0, 0.05) is 0 Å². The Kier molecular flexibility index (Phi) is 6.24. The number of nitrogens with one attached hydrogen (secondary N) is 1. The molecule has 0 amide bonds. The lowest BCUT2D eigenvalue weighted by atomic mass is 9.99. The van der Waals surface area contributed by atoms with Crippen LogP contribution in [-0.2, 0) is 0 Å². The Morgan fingerprint density at radius 1 is 1.28 bits per heavy atom. The summed E-state index contributed by atoms with van der Waals surface area (Å²) in [5.41, 5.74) is 1.33. The predicted molar refractivity (Wildman–Crippen MR) is 73.7 cm³/mol. The number of hydrogen-bond donors (Lipinski definition) is 1. The lowest BCUT2D eigenvalue weighted by molar-refractivity contribution is 0.291. The molecule has 1 aromatic carbocycles. The van der Waals surface area contributed by atoms with Crippen LogP contribution in [-0.4, -0.2) is 19.2 Å². The molecule has 0 aliphatic heterocycles. The van der Waals surface area contributed by atoms with E-state index < -0.39 is 0 Å². The van der Waals surface area contributed by atoms with E-state index in [1.165, 1.54) is 5.56 Å². The van der Waals surface area contributed by atoms with Gasteiger partial charge in [0.2, 0.25) is 0 Å². The number of benzene rings is 1. The second-order valence-electron chi connectivity index (χ2n) is 4.43. The Balaban J connectivity index is 2.51. The normalized spacial score (nSPS) is 13.7. The van der Waals surface area contributed by atoms with Gasteiger partial charge in [0.25, 0.3) is 0 Å². The van der Waals surface area contributed by atoms with Crippen molar-refractivity contribution in [2.75, 3.05) is 13.2 Å². The van der Waals surface area contributed by atoms with E-state index in [4.69, 9.17) is 10.00 Å². The molecule has 0 heterocycles. The second kappa shape index (κ2) is 7.73. The Morgan fingerprint density at radius 3 is 2.44 bits per heavy atom. The minimum Gasteiger partial charge on any atom is -0.491 e. The van der Waals surface area contributed by atoms with Gasteiger partial charge in [0.1, 0.15) is 18.4 Å². The molecule has 1 rings (SSSR count). The van der Waals surface area contributed by atoms with E-state index in [9.17, 15) is 0 Å². The molecule has 3 heteroatoms. The Labute approximate surface area is 110 Å². The highest BCUT2D eigenvalue weighted by Crippen LogP contribution is 2.21. The maximum Gasteiger partial charge on any atom is 0.130 e. The van der Waals surface area contributed by atoms with Crippen LogP contribution in [0.15, 0.2) is 24.3 Å². The van der Waals surface area contributed by atoms with Gasteiger partial charge in [-0.15, -0.1) is 0 Å². The summed E-state index contributed by atoms with van der Waals surface area (Å²) < 4.78 is 5.59. The summed E-state index contributed by atoms with van der Waals surface area (Å²) in [5, 5.41) is 11.9. The fourth-order valence-corrected chi connectivity index (χ4v) is 1.70. The van der Waals surface area contributed by atoms with Gasteiger partial charge < -0.3 is 4.74 Å². The van der Waals surface area contributed by atoms with Gasteiger partial charge >= 0.3 is 0 Å². The van der Waals surface area contributed by atoms with E-state index in [2.05, 4.69) is 37.4 Å². The molecular formula is C15H22N2O. The highest BCUT2D eigenvalue weighted by atomic mass is 16.5. The van der Waals surface area contributed by atoms with Crippen LogP contribution in [0.2, 0.25) is 0 Å². The van der Waals surface area contributed by atoms with Crippen molar-refractivity contribution in [1.82, 2.24) is 5.32 Å². The summed E-state index contributed by atoms with van der Waals surface area (Å²) in [6, 6.07) is 10.1. The number of hydrogen-bond acceptors (Lipinski definition) is 3. The first-order valence-corrected chi connectivity index (χ1v) is 6.57. The largest absolute Gasteiger partial charge is 0.491 e. The number of ether oxygens (including phenoxy) is 1. The second-order valence-corrected chi connectivity index (χ2v) is 4.43. The highest BCUT2D eigenvalue weighted by Gasteiger charge is 2.07. The zero-order valence-corrected chi connectivity index (χ0v) is 11.4. The predicted octanol–water partition coefficient (Wildman–Crippen LogP) is 3.08. The van der Waals surface area contributed by atoms with Crippen LogP contribution in [0.5, 0.6) is 5.75 Å². The molecule has 18 heavy (non-hydrogen) atoms. The first-order valence-electron chi connectivity index (χ1n) is 6.57. The van der Waals surface area contributed by atoms with E-state index in [0.717, 1.165) is 18.7 Å². The molecule has 98 valence electrons. The number of rotatable bonds is 7. The lowest BCUT2D eigenvalue weighted by Gasteiger charge is -2.13. The molecule has 0 bridgehead atoms. The molecule has 0 spiro atoms. The van der Waals surface area contributed by atoms with Crippen molar-refractivity contribution in [3.05, 3.63) is 29.8 Å². The van der Waals surface area contributed by atoms with Crippen LogP contribution >= 0.6 is 0 Å². The minimum absolute atomic E-state index is 0.246. The van der Waals surface area contributed by atoms with Crippen LogP contribution in [0.3, 0.4) is 0 Å². The smallest absolute Gasteiger partial charge is 0.130 e. The summed E-state index contributed by atoms with van der Waals surface area (Å²) >= 11 is 0. The maximum atomic E-state index is 8.89. The molecule has 0 aliphatic rings. The molecule has 0 aromatic heterocycles. The third-order valence-electron chi connectivity index (χ3n) is 3.08. The quantitative estimate of drug-likeness (QED) is 0.804. The Bertz CT molecular complexity index is 380. The van der Waals surface area contributed by atoms with E-state index >= 15 is 0 Å². The fourth-order valence-electron chi connectivity index (χ4n) is 1.70. The van der Waals surface area contributed by atoms with Crippen molar-refractivity contribution in [3.63, 3.8) is 0 Å². The van der Waals surface area contributed by atoms with Crippen LogP contribution in [0.4, 0.5) is 0 Å². The lowest BCUT2D eigenvalue weighted by Crippen LogP contribution is -2.32. The topological polar surface area (TPSA) is 45.0 Å². The van der Waals surface area contributed by atoms with Crippen LogP contribution in [0, 0.1) is 11.3 Å². The summed E-state index contributed by atoms with van der Waals surface area (Å²) in [6.07, 6.45) is 1.14. The summed E-state index contributed by atoms with van der Waals surface area (Å²) in [7, 11) is 0. The maximum absolute atomic E-state index is 8.89. The zero-order valence-electron chi connectivity index (χ0n) is 11.4. The molecule has 1 aromatic rings. The van der Waals surface area contributed by atoms with Crippen molar-refractivity contribution in [1.29, 1.82) is 5.26 Å². The van der Waals surface area contributed by atoms with Gasteiger partial charge in [-0.05, 0) is 36.6 Å². The summed E-state index contributed by atoms with van der Waals surface area (Å²) in [4.78, 5) is 0. The molecule has 2 unspecified atom stereocenters. The minimum atomic E-state index is -0.246.